The minimum absolute atomic E-state index is 0.0966. The highest BCUT2D eigenvalue weighted by Gasteiger charge is 2.30. The Kier molecular flexibility index (Phi) is 4.20. The lowest BCUT2D eigenvalue weighted by molar-refractivity contribution is 0.0753. The van der Waals surface area contributed by atoms with Crippen LogP contribution >= 0.6 is 0 Å². The fourth-order valence-electron chi connectivity index (χ4n) is 3.15. The van der Waals surface area contributed by atoms with Crippen LogP contribution in [0.5, 0.6) is 0 Å². The molecule has 23 heavy (non-hydrogen) atoms. The van der Waals surface area contributed by atoms with Crippen molar-refractivity contribution < 1.29 is 13.6 Å². The van der Waals surface area contributed by atoms with E-state index in [2.05, 4.69) is 4.98 Å². The van der Waals surface area contributed by atoms with Crippen LogP contribution in [0.1, 0.15) is 39.7 Å². The van der Waals surface area contributed by atoms with Crippen LogP contribution in [0.3, 0.4) is 0 Å². The Morgan fingerprint density at radius 1 is 1.39 bits per heavy atom. The van der Waals surface area contributed by atoms with Gasteiger partial charge in [0.2, 0.25) is 5.76 Å². The number of nitrogens with zero attached hydrogens (tertiary/aromatic N) is 2. The summed E-state index contributed by atoms with van der Waals surface area (Å²) >= 11 is 0. The molecule has 2 heterocycles. The second-order valence-corrected chi connectivity index (χ2v) is 6.34. The number of halogens is 1. The molecule has 4 nitrogen and oxygen atoms in total. The molecule has 0 bridgehead atoms. The van der Waals surface area contributed by atoms with Crippen LogP contribution in [0.2, 0.25) is 0 Å². The van der Waals surface area contributed by atoms with Gasteiger partial charge in [0.25, 0.3) is 5.91 Å². The summed E-state index contributed by atoms with van der Waals surface area (Å²) in [5.41, 5.74) is 2.28. The molecule has 1 aliphatic heterocycles. The molecule has 0 aliphatic carbocycles. The molecule has 0 radical (unpaired) electrons. The van der Waals surface area contributed by atoms with Gasteiger partial charge in [0.15, 0.2) is 5.89 Å². The van der Waals surface area contributed by atoms with Gasteiger partial charge >= 0.3 is 0 Å². The Labute approximate surface area is 135 Å². The van der Waals surface area contributed by atoms with Gasteiger partial charge in [-0.15, -0.1) is 0 Å². The van der Waals surface area contributed by atoms with Crippen molar-refractivity contribution in [1.82, 2.24) is 9.88 Å². The molecule has 2 aromatic rings. The third kappa shape index (κ3) is 3.28. The Balaban J connectivity index is 1.65. The first-order chi connectivity index (χ1) is 10.9. The predicted octanol–water partition coefficient (Wildman–Crippen LogP) is 3.44. The molecule has 1 amide bonds. The molecule has 0 saturated carbocycles. The highest BCUT2D eigenvalue weighted by atomic mass is 19.1. The number of aromatic nitrogens is 1. The molecule has 1 atom stereocenters. The van der Waals surface area contributed by atoms with E-state index in [0.29, 0.717) is 41.9 Å². The second-order valence-electron chi connectivity index (χ2n) is 6.34. The zero-order valence-corrected chi connectivity index (χ0v) is 13.7. The van der Waals surface area contributed by atoms with Gasteiger partial charge < -0.3 is 9.32 Å². The summed E-state index contributed by atoms with van der Waals surface area (Å²) < 4.78 is 19.1. The van der Waals surface area contributed by atoms with E-state index < -0.39 is 0 Å². The molecule has 1 aliphatic rings. The molecule has 3 rings (SSSR count). The summed E-state index contributed by atoms with van der Waals surface area (Å²) in [7, 11) is 0. The van der Waals surface area contributed by atoms with Gasteiger partial charge in [-0.3, -0.25) is 4.79 Å². The number of aryl methyl sites for hydroxylation is 3. The van der Waals surface area contributed by atoms with Gasteiger partial charge in [-0.1, -0.05) is 12.1 Å². The Morgan fingerprint density at radius 2 is 2.17 bits per heavy atom. The van der Waals surface area contributed by atoms with Crippen molar-refractivity contribution in [3.63, 3.8) is 0 Å². The molecule has 1 aromatic carbocycles. The van der Waals surface area contributed by atoms with Gasteiger partial charge in [-0.25, -0.2) is 9.37 Å². The van der Waals surface area contributed by atoms with E-state index >= 15 is 0 Å². The number of rotatable bonds is 3. The van der Waals surface area contributed by atoms with Crippen LogP contribution in [0.25, 0.3) is 0 Å². The summed E-state index contributed by atoms with van der Waals surface area (Å²) in [5.74, 6) is 0.938. The SMILES string of the molecule is Cc1nc(C)c(C(=O)N2CCC(Cc3ccc(C)c(F)c3)C2)o1. The first-order valence-corrected chi connectivity index (χ1v) is 7.92. The van der Waals surface area contributed by atoms with E-state index in [1.165, 1.54) is 0 Å². The standard InChI is InChI=1S/C18H21FN2O2/c1-11-4-5-14(9-16(11)19)8-15-6-7-21(10-15)18(22)17-12(2)20-13(3)23-17/h4-5,9,15H,6-8,10H2,1-3H3. The van der Waals surface area contributed by atoms with Crippen LogP contribution in [-0.4, -0.2) is 28.9 Å². The van der Waals surface area contributed by atoms with Crippen molar-refractivity contribution >= 4 is 5.91 Å². The maximum Gasteiger partial charge on any atom is 0.291 e. The largest absolute Gasteiger partial charge is 0.436 e. The smallest absolute Gasteiger partial charge is 0.291 e. The number of carbonyl (C=O) groups excluding carboxylic acids is 1. The maximum absolute atomic E-state index is 13.6. The predicted molar refractivity (Wildman–Crippen MR) is 84.8 cm³/mol. The number of hydrogen-bond donors (Lipinski definition) is 0. The van der Waals surface area contributed by atoms with Crippen molar-refractivity contribution in [3.05, 3.63) is 52.5 Å². The van der Waals surface area contributed by atoms with Crippen molar-refractivity contribution in [2.24, 2.45) is 5.92 Å². The van der Waals surface area contributed by atoms with E-state index in [1.54, 1.807) is 26.8 Å². The van der Waals surface area contributed by atoms with Crippen molar-refractivity contribution in [2.75, 3.05) is 13.1 Å². The monoisotopic (exact) mass is 316 g/mol. The lowest BCUT2D eigenvalue weighted by atomic mass is 9.98. The third-order valence-electron chi connectivity index (χ3n) is 4.43. The normalized spacial score (nSPS) is 17.7. The van der Waals surface area contributed by atoms with Gasteiger partial charge in [-0.05, 0) is 49.8 Å². The molecular weight excluding hydrogens is 295 g/mol. The first-order valence-electron chi connectivity index (χ1n) is 7.92. The van der Waals surface area contributed by atoms with Crippen LogP contribution in [0.15, 0.2) is 22.6 Å². The minimum Gasteiger partial charge on any atom is -0.436 e. The summed E-state index contributed by atoms with van der Waals surface area (Å²) in [4.78, 5) is 18.5. The van der Waals surface area contributed by atoms with Crippen LogP contribution in [0.4, 0.5) is 4.39 Å². The van der Waals surface area contributed by atoms with Crippen LogP contribution in [-0.2, 0) is 6.42 Å². The van der Waals surface area contributed by atoms with E-state index in [-0.39, 0.29) is 11.7 Å². The summed E-state index contributed by atoms with van der Waals surface area (Å²) in [5, 5.41) is 0. The van der Waals surface area contributed by atoms with E-state index in [0.717, 1.165) is 18.4 Å². The Morgan fingerprint density at radius 3 is 2.83 bits per heavy atom. The highest BCUT2D eigenvalue weighted by Crippen LogP contribution is 2.24. The molecular formula is C18H21FN2O2. The fraction of sp³-hybridized carbons (Fsp3) is 0.444. The molecule has 5 heteroatoms. The van der Waals surface area contributed by atoms with Gasteiger partial charge in [0.1, 0.15) is 5.82 Å². The van der Waals surface area contributed by atoms with E-state index in [4.69, 9.17) is 4.42 Å². The summed E-state index contributed by atoms with van der Waals surface area (Å²) in [6.45, 7) is 6.66. The molecule has 0 N–H and O–H groups in total. The third-order valence-corrected chi connectivity index (χ3v) is 4.43. The van der Waals surface area contributed by atoms with Crippen molar-refractivity contribution in [2.45, 2.75) is 33.6 Å². The number of amides is 1. The van der Waals surface area contributed by atoms with E-state index in [1.807, 2.05) is 17.0 Å². The quantitative estimate of drug-likeness (QED) is 0.871. The highest BCUT2D eigenvalue weighted by molar-refractivity contribution is 5.92. The number of carbonyl (C=O) groups is 1. The van der Waals surface area contributed by atoms with Gasteiger partial charge in [0.05, 0.1) is 5.69 Å². The molecule has 0 spiro atoms. The van der Waals surface area contributed by atoms with Crippen LogP contribution in [0, 0.1) is 32.5 Å². The van der Waals surface area contributed by atoms with Crippen molar-refractivity contribution in [1.29, 1.82) is 0 Å². The lowest BCUT2D eigenvalue weighted by Gasteiger charge is -2.15. The first kappa shape index (κ1) is 15.7. The average molecular weight is 316 g/mol. The Hall–Kier alpha value is -2.17. The van der Waals surface area contributed by atoms with E-state index in [9.17, 15) is 9.18 Å². The molecule has 1 saturated heterocycles. The summed E-state index contributed by atoms with van der Waals surface area (Å²) in [6, 6.07) is 5.37. The molecule has 122 valence electrons. The maximum atomic E-state index is 13.6. The molecule has 1 unspecified atom stereocenters. The number of likely N-dealkylation sites (tertiary alicyclic amines) is 1. The van der Waals surface area contributed by atoms with Gasteiger partial charge in [-0.2, -0.15) is 0 Å². The fourth-order valence-corrected chi connectivity index (χ4v) is 3.15. The topological polar surface area (TPSA) is 46.3 Å². The van der Waals surface area contributed by atoms with Crippen molar-refractivity contribution in [3.8, 4) is 0 Å². The minimum atomic E-state index is -0.166. The second kappa shape index (κ2) is 6.14. The lowest BCUT2D eigenvalue weighted by Crippen LogP contribution is -2.29. The number of oxazole rings is 1. The van der Waals surface area contributed by atoms with Crippen LogP contribution < -0.4 is 0 Å². The Bertz CT molecular complexity index is 739. The molecule has 1 fully saturated rings. The average Bonchev–Trinajstić information content (AvgIpc) is 3.09. The summed E-state index contributed by atoms with van der Waals surface area (Å²) in [6.07, 6.45) is 1.71. The van der Waals surface area contributed by atoms with Gasteiger partial charge in [0, 0.05) is 20.0 Å². The zero-order valence-electron chi connectivity index (χ0n) is 13.7. The zero-order chi connectivity index (χ0) is 16.6. The number of benzene rings is 1. The molecule has 1 aromatic heterocycles. The number of hydrogen-bond acceptors (Lipinski definition) is 3.